The molecular formula is C9H12N2OS2. The number of thiazole rings is 1. The number of Topliss-reactive ketones (excluding diaryl/α,β-unsaturated/α-hetero) is 1. The fourth-order valence-electron chi connectivity index (χ4n) is 1.08. The maximum absolute atomic E-state index is 11.4. The Hall–Kier alpha value is -0.940. The quantitative estimate of drug-likeness (QED) is 0.489. The standard InChI is InChI=1S/C9H12N2OS2/c1-3-5-11-8(10)7(6(12)4-2)14-9(11)13/h3H,1,4-5,10H2,2H3. The van der Waals surface area contributed by atoms with Crippen molar-refractivity contribution in [3.05, 3.63) is 21.5 Å². The number of nitrogen functional groups attached to an aromatic ring is 1. The van der Waals surface area contributed by atoms with Gasteiger partial charge in [0, 0.05) is 13.0 Å². The normalized spacial score (nSPS) is 10.1. The van der Waals surface area contributed by atoms with Gasteiger partial charge in [-0.1, -0.05) is 24.3 Å². The molecule has 5 heteroatoms. The first-order valence-electron chi connectivity index (χ1n) is 4.25. The van der Waals surface area contributed by atoms with Crippen LogP contribution in [0.5, 0.6) is 0 Å². The fourth-order valence-corrected chi connectivity index (χ4v) is 2.43. The molecule has 0 fully saturated rings. The molecule has 0 atom stereocenters. The van der Waals surface area contributed by atoms with E-state index in [-0.39, 0.29) is 5.78 Å². The van der Waals surface area contributed by atoms with E-state index in [4.69, 9.17) is 18.0 Å². The second-order valence-corrected chi connectivity index (χ2v) is 4.40. The van der Waals surface area contributed by atoms with Gasteiger partial charge in [-0.15, -0.1) is 6.58 Å². The summed E-state index contributed by atoms with van der Waals surface area (Å²) in [5.74, 6) is 0.508. The van der Waals surface area contributed by atoms with Crippen LogP contribution in [0, 0.1) is 3.95 Å². The van der Waals surface area contributed by atoms with Crippen molar-refractivity contribution in [2.24, 2.45) is 0 Å². The molecule has 0 saturated heterocycles. The molecule has 0 aromatic carbocycles. The molecule has 0 saturated carbocycles. The molecule has 1 rings (SSSR count). The highest BCUT2D eigenvalue weighted by Gasteiger charge is 2.14. The summed E-state index contributed by atoms with van der Waals surface area (Å²) >= 11 is 6.36. The number of nitrogens with two attached hydrogens (primary N) is 1. The molecule has 0 radical (unpaired) electrons. The molecule has 0 amide bonds. The minimum atomic E-state index is 0.0430. The zero-order valence-electron chi connectivity index (χ0n) is 7.95. The zero-order valence-corrected chi connectivity index (χ0v) is 9.58. The third kappa shape index (κ3) is 1.93. The molecule has 0 spiro atoms. The molecule has 3 nitrogen and oxygen atoms in total. The van der Waals surface area contributed by atoms with Crippen molar-refractivity contribution in [1.82, 2.24) is 4.57 Å². The van der Waals surface area contributed by atoms with E-state index in [0.29, 0.717) is 27.6 Å². The number of anilines is 1. The third-order valence-electron chi connectivity index (χ3n) is 1.82. The minimum Gasteiger partial charge on any atom is -0.384 e. The Balaban J connectivity index is 3.23. The average Bonchev–Trinajstić information content (AvgIpc) is 2.45. The topological polar surface area (TPSA) is 48.0 Å². The van der Waals surface area contributed by atoms with Crippen molar-refractivity contribution in [2.75, 3.05) is 5.73 Å². The maximum Gasteiger partial charge on any atom is 0.176 e. The smallest absolute Gasteiger partial charge is 0.176 e. The summed E-state index contributed by atoms with van der Waals surface area (Å²) in [7, 11) is 0. The molecule has 0 aliphatic heterocycles. The number of carbonyl (C=O) groups is 1. The summed E-state index contributed by atoms with van der Waals surface area (Å²) in [5, 5.41) is 0. The van der Waals surface area contributed by atoms with Gasteiger partial charge in [-0.3, -0.25) is 4.79 Å². The van der Waals surface area contributed by atoms with E-state index in [9.17, 15) is 4.79 Å². The molecule has 0 aliphatic rings. The number of hydrogen-bond donors (Lipinski definition) is 1. The van der Waals surface area contributed by atoms with E-state index in [1.165, 1.54) is 11.3 Å². The summed E-state index contributed by atoms with van der Waals surface area (Å²) in [6.45, 7) is 5.97. The van der Waals surface area contributed by atoms with Gasteiger partial charge in [0.25, 0.3) is 0 Å². The van der Waals surface area contributed by atoms with E-state index in [2.05, 4.69) is 6.58 Å². The van der Waals surface area contributed by atoms with Crippen molar-refractivity contribution in [3.8, 4) is 0 Å². The van der Waals surface area contributed by atoms with Crippen LogP contribution in [-0.2, 0) is 6.54 Å². The van der Waals surface area contributed by atoms with Crippen LogP contribution >= 0.6 is 23.6 Å². The summed E-state index contributed by atoms with van der Waals surface area (Å²) in [4.78, 5) is 12.0. The Morgan fingerprint density at radius 2 is 2.43 bits per heavy atom. The van der Waals surface area contributed by atoms with E-state index in [1.807, 2.05) is 6.92 Å². The fraction of sp³-hybridized carbons (Fsp3) is 0.333. The van der Waals surface area contributed by atoms with Crippen LogP contribution in [0.4, 0.5) is 5.82 Å². The van der Waals surface area contributed by atoms with E-state index in [1.54, 1.807) is 10.6 Å². The van der Waals surface area contributed by atoms with Crippen LogP contribution < -0.4 is 5.73 Å². The van der Waals surface area contributed by atoms with Gasteiger partial charge in [0.05, 0.1) is 0 Å². The predicted octanol–water partition coefficient (Wildman–Crippen LogP) is 2.64. The van der Waals surface area contributed by atoms with Crippen molar-refractivity contribution in [2.45, 2.75) is 19.9 Å². The van der Waals surface area contributed by atoms with Crippen LogP contribution in [0.2, 0.25) is 0 Å². The van der Waals surface area contributed by atoms with Crippen LogP contribution in [0.3, 0.4) is 0 Å². The van der Waals surface area contributed by atoms with Crippen LogP contribution in [0.25, 0.3) is 0 Å². The SMILES string of the molecule is C=CCn1c(N)c(C(=O)CC)sc1=S. The van der Waals surface area contributed by atoms with Crippen molar-refractivity contribution >= 4 is 35.2 Å². The van der Waals surface area contributed by atoms with E-state index in [0.717, 1.165) is 0 Å². The first kappa shape index (κ1) is 11.1. The van der Waals surface area contributed by atoms with Gasteiger partial charge in [0.15, 0.2) is 9.74 Å². The summed E-state index contributed by atoms with van der Waals surface area (Å²) < 4.78 is 2.34. The Morgan fingerprint density at radius 1 is 1.79 bits per heavy atom. The number of allylic oxidation sites excluding steroid dienone is 1. The van der Waals surface area contributed by atoms with Gasteiger partial charge >= 0.3 is 0 Å². The summed E-state index contributed by atoms with van der Waals surface area (Å²) in [5.41, 5.74) is 5.80. The molecule has 14 heavy (non-hydrogen) atoms. The number of carbonyl (C=O) groups excluding carboxylic acids is 1. The molecule has 2 N–H and O–H groups in total. The number of ketones is 1. The number of aromatic nitrogens is 1. The highest BCUT2D eigenvalue weighted by molar-refractivity contribution is 7.73. The van der Waals surface area contributed by atoms with Gasteiger partial charge in [-0.2, -0.15) is 0 Å². The van der Waals surface area contributed by atoms with Crippen LogP contribution in [-0.4, -0.2) is 10.4 Å². The largest absolute Gasteiger partial charge is 0.384 e. The van der Waals surface area contributed by atoms with Gasteiger partial charge in [-0.05, 0) is 12.2 Å². The lowest BCUT2D eigenvalue weighted by molar-refractivity contribution is 0.0992. The maximum atomic E-state index is 11.4. The molecular weight excluding hydrogens is 216 g/mol. The van der Waals surface area contributed by atoms with E-state index < -0.39 is 0 Å². The molecule has 0 bridgehead atoms. The highest BCUT2D eigenvalue weighted by Crippen LogP contribution is 2.23. The molecule has 1 aromatic rings. The first-order chi connectivity index (χ1) is 6.61. The van der Waals surface area contributed by atoms with Crippen molar-refractivity contribution in [1.29, 1.82) is 0 Å². The highest BCUT2D eigenvalue weighted by atomic mass is 32.1. The zero-order chi connectivity index (χ0) is 10.7. The lowest BCUT2D eigenvalue weighted by atomic mass is 10.2. The lowest BCUT2D eigenvalue weighted by Crippen LogP contribution is -2.05. The first-order valence-corrected chi connectivity index (χ1v) is 5.47. The molecule has 0 aliphatic carbocycles. The Labute approximate surface area is 91.9 Å². The average molecular weight is 228 g/mol. The Morgan fingerprint density at radius 3 is 2.93 bits per heavy atom. The van der Waals surface area contributed by atoms with Gasteiger partial charge in [-0.25, -0.2) is 0 Å². The van der Waals surface area contributed by atoms with Crippen molar-refractivity contribution < 1.29 is 4.79 Å². The predicted molar refractivity (Wildman–Crippen MR) is 62.4 cm³/mol. The van der Waals surface area contributed by atoms with E-state index >= 15 is 0 Å². The molecule has 1 heterocycles. The molecule has 76 valence electrons. The Kier molecular flexibility index (Phi) is 3.60. The molecule has 1 aromatic heterocycles. The molecule has 0 unspecified atom stereocenters. The van der Waals surface area contributed by atoms with Crippen molar-refractivity contribution in [3.63, 3.8) is 0 Å². The van der Waals surface area contributed by atoms with Gasteiger partial charge in [0.2, 0.25) is 0 Å². The van der Waals surface area contributed by atoms with Gasteiger partial charge < -0.3 is 10.3 Å². The van der Waals surface area contributed by atoms with Gasteiger partial charge in [0.1, 0.15) is 10.7 Å². The second-order valence-electron chi connectivity index (χ2n) is 2.76. The Bertz CT molecular complexity index is 417. The number of rotatable bonds is 4. The summed E-state index contributed by atoms with van der Waals surface area (Å²) in [6.07, 6.45) is 2.16. The lowest BCUT2D eigenvalue weighted by Gasteiger charge is -2.01. The second kappa shape index (κ2) is 4.52. The third-order valence-corrected chi connectivity index (χ3v) is 3.33. The van der Waals surface area contributed by atoms with Crippen LogP contribution in [0.1, 0.15) is 23.0 Å². The minimum absolute atomic E-state index is 0.0430. The van der Waals surface area contributed by atoms with Crippen LogP contribution in [0.15, 0.2) is 12.7 Å². The number of hydrogen-bond acceptors (Lipinski definition) is 4. The number of nitrogens with zero attached hydrogens (tertiary/aromatic N) is 1. The summed E-state index contributed by atoms with van der Waals surface area (Å²) in [6, 6.07) is 0. The monoisotopic (exact) mass is 228 g/mol.